The molecule has 112 valence electrons. The molecular formula is C15H17BrClN3O. The summed E-state index contributed by atoms with van der Waals surface area (Å²) in [6, 6.07) is 5.68. The number of benzene rings is 1. The van der Waals surface area contributed by atoms with Crippen molar-refractivity contribution in [3.63, 3.8) is 0 Å². The van der Waals surface area contributed by atoms with Crippen molar-refractivity contribution in [1.82, 2.24) is 14.7 Å². The topological polar surface area (TPSA) is 38.1 Å². The summed E-state index contributed by atoms with van der Waals surface area (Å²) in [4.78, 5) is 14.8. The van der Waals surface area contributed by atoms with Crippen LogP contribution in [0, 0.1) is 6.92 Å². The number of carbonyl (C=O) groups is 1. The zero-order valence-electron chi connectivity index (χ0n) is 12.2. The molecule has 0 aliphatic carbocycles. The standard InChI is InChI=1S/C15H17BrClN3O/c1-10-4-5-12(16)11(8-10)15(21)14-13(17)9-18-20(14)7-6-19(2)3/h4-5,8-9H,6-7H2,1-3H3. The van der Waals surface area contributed by atoms with E-state index in [1.807, 2.05) is 44.1 Å². The molecule has 2 aromatic rings. The lowest BCUT2D eigenvalue weighted by atomic mass is 10.1. The summed E-state index contributed by atoms with van der Waals surface area (Å²) >= 11 is 9.59. The second kappa shape index (κ2) is 6.73. The highest BCUT2D eigenvalue weighted by Gasteiger charge is 2.21. The Balaban J connectivity index is 2.39. The Hall–Kier alpha value is -1.17. The van der Waals surface area contributed by atoms with E-state index in [2.05, 4.69) is 21.0 Å². The molecule has 0 aliphatic rings. The van der Waals surface area contributed by atoms with E-state index in [9.17, 15) is 4.79 Å². The molecule has 6 heteroatoms. The maximum atomic E-state index is 12.8. The summed E-state index contributed by atoms with van der Waals surface area (Å²) in [6.07, 6.45) is 1.52. The number of likely N-dealkylation sites (N-methyl/N-ethyl adjacent to an activating group) is 1. The largest absolute Gasteiger partial charge is 0.308 e. The maximum Gasteiger partial charge on any atom is 0.213 e. The molecule has 21 heavy (non-hydrogen) atoms. The van der Waals surface area contributed by atoms with Crippen LogP contribution in [-0.4, -0.2) is 41.1 Å². The maximum absolute atomic E-state index is 12.8. The van der Waals surface area contributed by atoms with Gasteiger partial charge in [0.25, 0.3) is 0 Å². The summed E-state index contributed by atoms with van der Waals surface area (Å²) < 4.78 is 2.42. The number of halogens is 2. The lowest BCUT2D eigenvalue weighted by Gasteiger charge is -2.12. The molecular weight excluding hydrogens is 354 g/mol. The van der Waals surface area contributed by atoms with E-state index in [4.69, 9.17) is 11.6 Å². The fourth-order valence-electron chi connectivity index (χ4n) is 1.99. The van der Waals surface area contributed by atoms with Gasteiger partial charge in [0.1, 0.15) is 5.69 Å². The predicted octanol–water partition coefficient (Wildman–Crippen LogP) is 3.40. The van der Waals surface area contributed by atoms with Crippen LogP contribution in [0.1, 0.15) is 21.6 Å². The van der Waals surface area contributed by atoms with Crippen LogP contribution in [0.4, 0.5) is 0 Å². The van der Waals surface area contributed by atoms with Crippen LogP contribution in [-0.2, 0) is 6.54 Å². The van der Waals surface area contributed by atoms with Crippen molar-refractivity contribution in [2.45, 2.75) is 13.5 Å². The third kappa shape index (κ3) is 3.73. The molecule has 1 aromatic heterocycles. The molecule has 0 saturated carbocycles. The minimum Gasteiger partial charge on any atom is -0.308 e. The molecule has 0 N–H and O–H groups in total. The van der Waals surface area contributed by atoms with Crippen molar-refractivity contribution in [3.05, 3.63) is 50.7 Å². The van der Waals surface area contributed by atoms with Gasteiger partial charge in [-0.3, -0.25) is 9.48 Å². The Bertz CT molecular complexity index is 667. The summed E-state index contributed by atoms with van der Waals surface area (Å²) in [6.45, 7) is 3.35. The third-order valence-electron chi connectivity index (χ3n) is 3.14. The van der Waals surface area contributed by atoms with Crippen LogP contribution in [0.15, 0.2) is 28.9 Å². The molecule has 0 atom stereocenters. The van der Waals surface area contributed by atoms with Gasteiger partial charge < -0.3 is 4.90 Å². The van der Waals surface area contributed by atoms with Crippen molar-refractivity contribution in [1.29, 1.82) is 0 Å². The highest BCUT2D eigenvalue weighted by Crippen LogP contribution is 2.25. The minimum absolute atomic E-state index is 0.119. The number of ketones is 1. The summed E-state index contributed by atoms with van der Waals surface area (Å²) in [5.74, 6) is -0.119. The molecule has 0 unspecified atom stereocenters. The molecule has 0 bridgehead atoms. The number of hydrogen-bond donors (Lipinski definition) is 0. The van der Waals surface area contributed by atoms with Gasteiger partial charge in [-0.05, 0) is 33.2 Å². The Labute approximate surface area is 137 Å². The van der Waals surface area contributed by atoms with E-state index < -0.39 is 0 Å². The molecule has 0 amide bonds. The van der Waals surface area contributed by atoms with Gasteiger partial charge in [-0.2, -0.15) is 5.10 Å². The van der Waals surface area contributed by atoms with Gasteiger partial charge in [0.15, 0.2) is 0 Å². The molecule has 1 heterocycles. The van der Waals surface area contributed by atoms with Gasteiger partial charge in [0.05, 0.1) is 17.8 Å². The number of aryl methyl sites for hydroxylation is 1. The van der Waals surface area contributed by atoms with Gasteiger partial charge in [-0.1, -0.05) is 39.2 Å². The fraction of sp³-hybridized carbons (Fsp3) is 0.333. The predicted molar refractivity (Wildman–Crippen MR) is 88.1 cm³/mol. The van der Waals surface area contributed by atoms with Gasteiger partial charge in [-0.25, -0.2) is 0 Å². The smallest absolute Gasteiger partial charge is 0.213 e. The fourth-order valence-corrected chi connectivity index (χ4v) is 2.65. The molecule has 1 aromatic carbocycles. The van der Waals surface area contributed by atoms with Gasteiger partial charge in [0, 0.05) is 16.6 Å². The monoisotopic (exact) mass is 369 g/mol. The van der Waals surface area contributed by atoms with E-state index in [1.54, 1.807) is 4.68 Å². The lowest BCUT2D eigenvalue weighted by molar-refractivity contribution is 0.102. The molecule has 0 saturated heterocycles. The quantitative estimate of drug-likeness (QED) is 0.757. The number of hydrogen-bond acceptors (Lipinski definition) is 3. The number of carbonyl (C=O) groups excluding carboxylic acids is 1. The number of aromatic nitrogens is 2. The van der Waals surface area contributed by atoms with Crippen molar-refractivity contribution in [2.75, 3.05) is 20.6 Å². The van der Waals surface area contributed by atoms with Crippen LogP contribution in [0.2, 0.25) is 5.02 Å². The Kier molecular flexibility index (Phi) is 5.19. The Morgan fingerprint density at radius 1 is 1.43 bits per heavy atom. The molecule has 0 radical (unpaired) electrons. The Morgan fingerprint density at radius 3 is 2.81 bits per heavy atom. The van der Waals surface area contributed by atoms with Crippen LogP contribution in [0.3, 0.4) is 0 Å². The van der Waals surface area contributed by atoms with Crippen molar-refractivity contribution >= 4 is 33.3 Å². The van der Waals surface area contributed by atoms with E-state index in [1.165, 1.54) is 6.20 Å². The van der Waals surface area contributed by atoms with Crippen LogP contribution in [0.25, 0.3) is 0 Å². The average molecular weight is 371 g/mol. The summed E-state index contributed by atoms with van der Waals surface area (Å²) in [7, 11) is 3.95. The van der Waals surface area contributed by atoms with Crippen LogP contribution in [0.5, 0.6) is 0 Å². The van der Waals surface area contributed by atoms with Crippen molar-refractivity contribution < 1.29 is 4.79 Å². The van der Waals surface area contributed by atoms with E-state index >= 15 is 0 Å². The zero-order chi connectivity index (χ0) is 15.6. The summed E-state index contributed by atoms with van der Waals surface area (Å²) in [5, 5.41) is 4.59. The molecule has 2 rings (SSSR count). The van der Waals surface area contributed by atoms with Gasteiger partial charge in [0.2, 0.25) is 5.78 Å². The first-order valence-electron chi connectivity index (χ1n) is 6.57. The van der Waals surface area contributed by atoms with Crippen molar-refractivity contribution in [3.8, 4) is 0 Å². The van der Waals surface area contributed by atoms with E-state index in [0.717, 1.165) is 16.6 Å². The first kappa shape index (κ1) is 16.2. The Morgan fingerprint density at radius 2 is 2.14 bits per heavy atom. The van der Waals surface area contributed by atoms with Crippen LogP contribution >= 0.6 is 27.5 Å². The first-order valence-corrected chi connectivity index (χ1v) is 7.74. The number of rotatable bonds is 5. The molecule has 0 aliphatic heterocycles. The van der Waals surface area contributed by atoms with E-state index in [-0.39, 0.29) is 5.78 Å². The van der Waals surface area contributed by atoms with Crippen LogP contribution < -0.4 is 0 Å². The second-order valence-corrected chi connectivity index (χ2v) is 6.44. The highest BCUT2D eigenvalue weighted by molar-refractivity contribution is 9.10. The minimum atomic E-state index is -0.119. The summed E-state index contributed by atoms with van der Waals surface area (Å²) in [5.41, 5.74) is 2.06. The first-order chi connectivity index (χ1) is 9.90. The van der Waals surface area contributed by atoms with Gasteiger partial charge in [-0.15, -0.1) is 0 Å². The molecule has 0 spiro atoms. The lowest BCUT2D eigenvalue weighted by Crippen LogP contribution is -2.22. The third-order valence-corrected chi connectivity index (χ3v) is 4.10. The molecule has 0 fully saturated rings. The highest BCUT2D eigenvalue weighted by atomic mass is 79.9. The SMILES string of the molecule is Cc1ccc(Br)c(C(=O)c2c(Cl)cnn2CCN(C)C)c1. The van der Waals surface area contributed by atoms with Crippen molar-refractivity contribution in [2.24, 2.45) is 0 Å². The molecule has 4 nitrogen and oxygen atoms in total. The zero-order valence-corrected chi connectivity index (χ0v) is 14.6. The number of nitrogens with zero attached hydrogens (tertiary/aromatic N) is 3. The normalized spacial score (nSPS) is 11.1. The van der Waals surface area contributed by atoms with E-state index in [0.29, 0.717) is 22.8 Å². The van der Waals surface area contributed by atoms with Gasteiger partial charge >= 0.3 is 0 Å². The average Bonchev–Trinajstić information content (AvgIpc) is 2.79. The second-order valence-electron chi connectivity index (χ2n) is 5.18.